The maximum absolute atomic E-state index is 12.1. The third-order valence-corrected chi connectivity index (χ3v) is 2.79. The molecule has 0 atom stereocenters. The normalized spacial score (nSPS) is 10.6. The van der Waals surface area contributed by atoms with Gasteiger partial charge in [0.1, 0.15) is 11.5 Å². The first-order chi connectivity index (χ1) is 8.60. The molecule has 0 saturated heterocycles. The van der Waals surface area contributed by atoms with Crippen LogP contribution in [0.2, 0.25) is 0 Å². The minimum absolute atomic E-state index is 0.00819. The van der Waals surface area contributed by atoms with Crippen molar-refractivity contribution < 1.29 is 4.79 Å². The zero-order valence-electron chi connectivity index (χ0n) is 10.8. The van der Waals surface area contributed by atoms with Crippen molar-refractivity contribution in [3.8, 4) is 0 Å². The number of hydrogen-bond donors (Lipinski definition) is 0. The molecular formula is C13H16N4O. The van der Waals surface area contributed by atoms with Gasteiger partial charge in [0.15, 0.2) is 5.78 Å². The third-order valence-electron chi connectivity index (χ3n) is 2.79. The van der Waals surface area contributed by atoms with E-state index in [2.05, 4.69) is 15.1 Å². The van der Waals surface area contributed by atoms with Crippen molar-refractivity contribution >= 4 is 5.78 Å². The predicted molar refractivity (Wildman–Crippen MR) is 67.4 cm³/mol. The van der Waals surface area contributed by atoms with Gasteiger partial charge < -0.3 is 0 Å². The van der Waals surface area contributed by atoms with Crippen LogP contribution in [0.5, 0.6) is 0 Å². The average molecular weight is 244 g/mol. The molecule has 0 saturated carbocycles. The summed E-state index contributed by atoms with van der Waals surface area (Å²) in [4.78, 5) is 20.2. The van der Waals surface area contributed by atoms with E-state index in [4.69, 9.17) is 0 Å². The lowest BCUT2D eigenvalue weighted by Gasteiger charge is -2.01. The Hall–Kier alpha value is -2.04. The van der Waals surface area contributed by atoms with Crippen molar-refractivity contribution in [2.45, 2.75) is 26.7 Å². The molecule has 94 valence electrons. The van der Waals surface area contributed by atoms with Gasteiger partial charge in [0.05, 0.1) is 12.1 Å². The summed E-state index contributed by atoms with van der Waals surface area (Å²) >= 11 is 0. The Bertz CT molecular complexity index is 574. The predicted octanol–water partition coefficient (Wildman–Crippen LogP) is 1.51. The number of Topliss-reactive ketones (excluding diaryl/α,β-unsaturated/α-hetero) is 1. The van der Waals surface area contributed by atoms with Gasteiger partial charge in [-0.2, -0.15) is 5.10 Å². The van der Waals surface area contributed by atoms with Gasteiger partial charge in [-0.25, -0.2) is 9.97 Å². The number of aryl methyl sites for hydroxylation is 3. The van der Waals surface area contributed by atoms with E-state index >= 15 is 0 Å². The minimum atomic E-state index is -0.00819. The molecular weight excluding hydrogens is 228 g/mol. The first kappa shape index (κ1) is 12.4. The Kier molecular flexibility index (Phi) is 3.50. The van der Waals surface area contributed by atoms with Crippen LogP contribution >= 0.6 is 0 Å². The first-order valence-corrected chi connectivity index (χ1v) is 5.94. The molecule has 5 nitrogen and oxygen atoms in total. The average Bonchev–Trinajstić information content (AvgIpc) is 2.70. The number of aromatic nitrogens is 4. The van der Waals surface area contributed by atoms with Crippen molar-refractivity contribution in [1.82, 2.24) is 19.7 Å². The van der Waals surface area contributed by atoms with Gasteiger partial charge in [0.25, 0.3) is 0 Å². The molecule has 0 aliphatic rings. The molecule has 5 heteroatoms. The summed E-state index contributed by atoms with van der Waals surface area (Å²) in [5.74, 6) is 0.603. The van der Waals surface area contributed by atoms with Crippen molar-refractivity contribution in [3.05, 3.63) is 41.2 Å². The summed E-state index contributed by atoms with van der Waals surface area (Å²) in [7, 11) is 1.85. The van der Waals surface area contributed by atoms with E-state index < -0.39 is 0 Å². The Balaban J connectivity index is 2.18. The van der Waals surface area contributed by atoms with E-state index in [0.717, 1.165) is 17.8 Å². The SMILES string of the molecule is CCc1cc(CC(=O)c2ccnc(C)n2)n(C)n1. The van der Waals surface area contributed by atoms with Crippen LogP contribution in [0.3, 0.4) is 0 Å². The molecule has 0 aromatic carbocycles. The fraction of sp³-hybridized carbons (Fsp3) is 0.385. The van der Waals surface area contributed by atoms with Gasteiger partial charge in [-0.15, -0.1) is 0 Å². The largest absolute Gasteiger partial charge is 0.292 e. The number of rotatable bonds is 4. The van der Waals surface area contributed by atoms with E-state index in [-0.39, 0.29) is 5.78 Å². The molecule has 2 heterocycles. The molecule has 0 unspecified atom stereocenters. The number of nitrogens with zero attached hydrogens (tertiary/aromatic N) is 4. The fourth-order valence-corrected chi connectivity index (χ4v) is 1.78. The Labute approximate surface area is 106 Å². The highest BCUT2D eigenvalue weighted by atomic mass is 16.1. The van der Waals surface area contributed by atoms with Crippen LogP contribution in [0.1, 0.15) is 34.6 Å². The highest BCUT2D eigenvalue weighted by Crippen LogP contribution is 2.08. The van der Waals surface area contributed by atoms with Gasteiger partial charge in [0.2, 0.25) is 0 Å². The molecule has 2 aromatic heterocycles. The lowest BCUT2D eigenvalue weighted by molar-refractivity contribution is 0.0985. The van der Waals surface area contributed by atoms with Crippen LogP contribution in [0.4, 0.5) is 0 Å². The Morgan fingerprint density at radius 2 is 2.22 bits per heavy atom. The Morgan fingerprint density at radius 1 is 1.44 bits per heavy atom. The number of hydrogen-bond acceptors (Lipinski definition) is 4. The van der Waals surface area contributed by atoms with Crippen molar-refractivity contribution in [3.63, 3.8) is 0 Å². The molecule has 0 radical (unpaired) electrons. The monoisotopic (exact) mass is 244 g/mol. The molecule has 0 bridgehead atoms. The summed E-state index contributed by atoms with van der Waals surface area (Å²) in [6.07, 6.45) is 2.80. The third kappa shape index (κ3) is 2.61. The molecule has 0 N–H and O–H groups in total. The van der Waals surface area contributed by atoms with Gasteiger partial charge in [-0.05, 0) is 25.5 Å². The molecule has 2 rings (SSSR count). The summed E-state index contributed by atoms with van der Waals surface area (Å²) in [6.45, 7) is 3.82. The van der Waals surface area contributed by atoms with Gasteiger partial charge in [-0.3, -0.25) is 9.48 Å². The molecule has 0 amide bonds. The minimum Gasteiger partial charge on any atom is -0.292 e. The maximum Gasteiger partial charge on any atom is 0.187 e. The van der Waals surface area contributed by atoms with Crippen LogP contribution in [-0.2, 0) is 19.9 Å². The first-order valence-electron chi connectivity index (χ1n) is 5.94. The van der Waals surface area contributed by atoms with Crippen molar-refractivity contribution in [2.75, 3.05) is 0 Å². The lowest BCUT2D eigenvalue weighted by atomic mass is 10.1. The van der Waals surface area contributed by atoms with E-state index in [0.29, 0.717) is 17.9 Å². The topological polar surface area (TPSA) is 60.7 Å². The van der Waals surface area contributed by atoms with Crippen LogP contribution in [0, 0.1) is 6.92 Å². The highest BCUT2D eigenvalue weighted by Gasteiger charge is 2.12. The second-order valence-electron chi connectivity index (χ2n) is 4.19. The van der Waals surface area contributed by atoms with E-state index in [1.165, 1.54) is 0 Å². The summed E-state index contributed by atoms with van der Waals surface area (Å²) < 4.78 is 1.75. The van der Waals surface area contributed by atoms with Crippen molar-refractivity contribution in [2.24, 2.45) is 7.05 Å². The molecule has 0 fully saturated rings. The number of ketones is 1. The lowest BCUT2D eigenvalue weighted by Crippen LogP contribution is -2.10. The zero-order valence-corrected chi connectivity index (χ0v) is 10.8. The zero-order chi connectivity index (χ0) is 13.1. The quantitative estimate of drug-likeness (QED) is 0.765. The van der Waals surface area contributed by atoms with Gasteiger partial charge in [-0.1, -0.05) is 6.92 Å². The molecule has 2 aromatic rings. The van der Waals surface area contributed by atoms with Crippen LogP contribution < -0.4 is 0 Å². The summed E-state index contributed by atoms with van der Waals surface area (Å²) in [6, 6.07) is 3.61. The maximum atomic E-state index is 12.1. The van der Waals surface area contributed by atoms with Crippen LogP contribution in [0.15, 0.2) is 18.3 Å². The van der Waals surface area contributed by atoms with Crippen molar-refractivity contribution in [1.29, 1.82) is 0 Å². The molecule has 18 heavy (non-hydrogen) atoms. The van der Waals surface area contributed by atoms with E-state index in [1.54, 1.807) is 23.9 Å². The van der Waals surface area contributed by atoms with Gasteiger partial charge >= 0.3 is 0 Å². The number of carbonyl (C=O) groups excluding carboxylic acids is 1. The highest BCUT2D eigenvalue weighted by molar-refractivity contribution is 5.95. The van der Waals surface area contributed by atoms with Crippen LogP contribution in [0.25, 0.3) is 0 Å². The fourth-order valence-electron chi connectivity index (χ4n) is 1.78. The number of carbonyl (C=O) groups is 1. The molecule has 0 aliphatic carbocycles. The summed E-state index contributed by atoms with van der Waals surface area (Å²) in [5.41, 5.74) is 2.37. The Morgan fingerprint density at radius 3 is 2.83 bits per heavy atom. The summed E-state index contributed by atoms with van der Waals surface area (Å²) in [5, 5.41) is 4.33. The second-order valence-corrected chi connectivity index (χ2v) is 4.19. The van der Waals surface area contributed by atoms with Gasteiger partial charge in [0, 0.05) is 18.9 Å². The molecule has 0 spiro atoms. The van der Waals surface area contributed by atoms with Crippen LogP contribution in [-0.4, -0.2) is 25.5 Å². The molecule has 0 aliphatic heterocycles. The second kappa shape index (κ2) is 5.08. The van der Waals surface area contributed by atoms with E-state index in [9.17, 15) is 4.79 Å². The van der Waals surface area contributed by atoms with E-state index in [1.807, 2.05) is 20.0 Å². The smallest absolute Gasteiger partial charge is 0.187 e. The standard InChI is InChI=1S/C13H16N4O/c1-4-10-7-11(17(3)16-10)8-13(18)12-5-6-14-9(2)15-12/h5-7H,4,8H2,1-3H3.